The van der Waals surface area contributed by atoms with Crippen molar-refractivity contribution in [1.29, 1.82) is 0 Å². The van der Waals surface area contributed by atoms with Gasteiger partial charge in [0, 0.05) is 31.4 Å². The number of aryl methyl sites for hydroxylation is 1. The molecule has 132 valence electrons. The van der Waals surface area contributed by atoms with E-state index in [0.717, 1.165) is 24.3 Å². The summed E-state index contributed by atoms with van der Waals surface area (Å²) in [6.45, 7) is 0.851. The maximum absolute atomic E-state index is 12.1. The van der Waals surface area contributed by atoms with Gasteiger partial charge in [0.1, 0.15) is 0 Å². The van der Waals surface area contributed by atoms with Crippen LogP contribution in [0.25, 0.3) is 0 Å². The van der Waals surface area contributed by atoms with Crippen LogP contribution in [-0.2, 0) is 17.8 Å². The molecule has 0 saturated carbocycles. The highest BCUT2D eigenvalue weighted by molar-refractivity contribution is 5.91. The largest absolute Gasteiger partial charge is 0.370 e. The molecule has 3 rings (SSSR count). The predicted octanol–water partition coefficient (Wildman–Crippen LogP) is 4.89. The van der Waals surface area contributed by atoms with Gasteiger partial charge in [0.15, 0.2) is 0 Å². The molecule has 3 heteroatoms. The number of benzene rings is 3. The zero-order chi connectivity index (χ0) is 18.2. The molecule has 0 spiro atoms. The van der Waals surface area contributed by atoms with Crippen LogP contribution < -0.4 is 10.2 Å². The zero-order valence-corrected chi connectivity index (χ0v) is 15.1. The van der Waals surface area contributed by atoms with Crippen LogP contribution in [0.15, 0.2) is 84.9 Å². The molecule has 0 saturated heterocycles. The van der Waals surface area contributed by atoms with Crippen LogP contribution >= 0.6 is 0 Å². The van der Waals surface area contributed by atoms with Gasteiger partial charge in [0.05, 0.1) is 0 Å². The van der Waals surface area contributed by atoms with Gasteiger partial charge < -0.3 is 10.2 Å². The molecule has 0 aliphatic rings. The Hall–Kier alpha value is -3.07. The molecule has 3 aromatic carbocycles. The number of hydrogen-bond acceptors (Lipinski definition) is 2. The molecule has 0 aliphatic heterocycles. The Kier molecular flexibility index (Phi) is 6.05. The van der Waals surface area contributed by atoms with Crippen LogP contribution in [-0.4, -0.2) is 13.0 Å². The Balaban J connectivity index is 1.51. The lowest BCUT2D eigenvalue weighted by atomic mass is 10.1. The summed E-state index contributed by atoms with van der Waals surface area (Å²) < 4.78 is 0. The van der Waals surface area contributed by atoms with E-state index in [1.165, 1.54) is 11.1 Å². The van der Waals surface area contributed by atoms with Crippen molar-refractivity contribution in [3.05, 3.63) is 96.1 Å². The summed E-state index contributed by atoms with van der Waals surface area (Å²) in [5, 5.41) is 2.97. The lowest BCUT2D eigenvalue weighted by Crippen LogP contribution is -2.16. The number of nitrogens with zero attached hydrogens (tertiary/aromatic N) is 1. The van der Waals surface area contributed by atoms with Crippen LogP contribution in [0.4, 0.5) is 11.4 Å². The fourth-order valence-corrected chi connectivity index (χ4v) is 2.87. The number of nitrogens with one attached hydrogen (secondary N) is 1. The van der Waals surface area contributed by atoms with E-state index in [9.17, 15) is 4.79 Å². The van der Waals surface area contributed by atoms with Crippen molar-refractivity contribution < 1.29 is 4.79 Å². The first-order valence-electron chi connectivity index (χ1n) is 8.89. The second-order valence-corrected chi connectivity index (χ2v) is 6.42. The maximum atomic E-state index is 12.1. The molecule has 3 nitrogen and oxygen atoms in total. The van der Waals surface area contributed by atoms with E-state index in [1.54, 1.807) is 0 Å². The van der Waals surface area contributed by atoms with Gasteiger partial charge in [-0.25, -0.2) is 0 Å². The first-order valence-corrected chi connectivity index (χ1v) is 8.89. The zero-order valence-electron chi connectivity index (χ0n) is 15.1. The maximum Gasteiger partial charge on any atom is 0.224 e. The van der Waals surface area contributed by atoms with E-state index in [2.05, 4.69) is 41.5 Å². The van der Waals surface area contributed by atoms with Gasteiger partial charge >= 0.3 is 0 Å². The van der Waals surface area contributed by atoms with Gasteiger partial charge in [0.2, 0.25) is 5.91 Å². The molecule has 3 aromatic rings. The van der Waals surface area contributed by atoms with E-state index in [1.807, 2.05) is 60.7 Å². The number of anilines is 2. The van der Waals surface area contributed by atoms with Crippen LogP contribution in [0.1, 0.15) is 17.5 Å². The highest BCUT2D eigenvalue weighted by Gasteiger charge is 2.05. The smallest absolute Gasteiger partial charge is 0.224 e. The highest BCUT2D eigenvalue weighted by Crippen LogP contribution is 2.19. The molecule has 0 radical (unpaired) electrons. The Morgan fingerprint density at radius 3 is 2.00 bits per heavy atom. The first kappa shape index (κ1) is 17.7. The number of rotatable bonds is 7. The fourth-order valence-electron chi connectivity index (χ4n) is 2.87. The van der Waals surface area contributed by atoms with Crippen molar-refractivity contribution in [1.82, 2.24) is 0 Å². The van der Waals surface area contributed by atoms with Gasteiger partial charge in [-0.2, -0.15) is 0 Å². The minimum absolute atomic E-state index is 0.0410. The summed E-state index contributed by atoms with van der Waals surface area (Å²) in [4.78, 5) is 14.3. The quantitative estimate of drug-likeness (QED) is 0.661. The van der Waals surface area contributed by atoms with Gasteiger partial charge in [-0.05, 0) is 41.8 Å². The summed E-state index contributed by atoms with van der Waals surface area (Å²) >= 11 is 0. The number of hydrogen-bond donors (Lipinski definition) is 1. The summed E-state index contributed by atoms with van der Waals surface area (Å²) in [5.74, 6) is 0.0410. The average Bonchev–Trinajstić information content (AvgIpc) is 2.68. The first-order chi connectivity index (χ1) is 12.7. The second-order valence-electron chi connectivity index (χ2n) is 6.42. The topological polar surface area (TPSA) is 32.3 Å². The van der Waals surface area contributed by atoms with Gasteiger partial charge in [-0.1, -0.05) is 60.7 Å². The monoisotopic (exact) mass is 344 g/mol. The van der Waals surface area contributed by atoms with Crippen LogP contribution in [0, 0.1) is 0 Å². The minimum atomic E-state index is 0.0410. The highest BCUT2D eigenvalue weighted by atomic mass is 16.1. The molecule has 1 amide bonds. The van der Waals surface area contributed by atoms with Crippen molar-refractivity contribution >= 4 is 17.3 Å². The Morgan fingerprint density at radius 1 is 0.808 bits per heavy atom. The van der Waals surface area contributed by atoms with Gasteiger partial charge in [-0.15, -0.1) is 0 Å². The van der Waals surface area contributed by atoms with Crippen LogP contribution in [0.2, 0.25) is 0 Å². The predicted molar refractivity (Wildman–Crippen MR) is 108 cm³/mol. The summed E-state index contributed by atoms with van der Waals surface area (Å²) in [5.41, 5.74) is 4.41. The third kappa shape index (κ3) is 5.21. The van der Waals surface area contributed by atoms with E-state index >= 15 is 0 Å². The molecule has 0 bridgehead atoms. The lowest BCUT2D eigenvalue weighted by molar-refractivity contribution is -0.116. The molecule has 0 aromatic heterocycles. The molecule has 0 atom stereocenters. The summed E-state index contributed by atoms with van der Waals surface area (Å²) in [7, 11) is 2.07. The molecule has 0 unspecified atom stereocenters. The Morgan fingerprint density at radius 2 is 1.38 bits per heavy atom. The molecule has 1 N–H and O–H groups in total. The van der Waals surface area contributed by atoms with Gasteiger partial charge in [-0.3, -0.25) is 4.79 Å². The van der Waals surface area contributed by atoms with E-state index in [0.29, 0.717) is 6.42 Å². The third-order valence-electron chi connectivity index (χ3n) is 4.34. The van der Waals surface area contributed by atoms with Crippen molar-refractivity contribution in [3.8, 4) is 0 Å². The molecule has 0 fully saturated rings. The lowest BCUT2D eigenvalue weighted by Gasteiger charge is -2.19. The number of carbonyl (C=O) groups is 1. The normalized spacial score (nSPS) is 10.3. The fraction of sp³-hybridized carbons (Fsp3) is 0.174. The van der Waals surface area contributed by atoms with Crippen molar-refractivity contribution in [2.45, 2.75) is 19.4 Å². The van der Waals surface area contributed by atoms with Crippen LogP contribution in [0.3, 0.4) is 0 Å². The van der Waals surface area contributed by atoms with E-state index < -0.39 is 0 Å². The SMILES string of the molecule is CN(Cc1ccccc1)c1ccc(NC(=O)CCc2ccccc2)cc1. The van der Waals surface area contributed by atoms with Crippen molar-refractivity contribution in [2.24, 2.45) is 0 Å². The summed E-state index contributed by atoms with van der Waals surface area (Å²) in [6, 6.07) is 28.4. The van der Waals surface area contributed by atoms with Crippen molar-refractivity contribution in [3.63, 3.8) is 0 Å². The standard InChI is InChI=1S/C23H24N2O/c1-25(18-20-10-6-3-7-11-20)22-15-13-21(14-16-22)24-23(26)17-12-19-8-4-2-5-9-19/h2-11,13-16H,12,17-18H2,1H3,(H,24,26). The number of amides is 1. The summed E-state index contributed by atoms with van der Waals surface area (Å²) in [6.07, 6.45) is 1.24. The average molecular weight is 344 g/mol. The second kappa shape index (κ2) is 8.86. The Labute approximate surface area is 155 Å². The minimum Gasteiger partial charge on any atom is -0.370 e. The Bertz CT molecular complexity index is 814. The number of carbonyl (C=O) groups excluding carboxylic acids is 1. The van der Waals surface area contributed by atoms with E-state index in [-0.39, 0.29) is 5.91 Å². The molecule has 0 aliphatic carbocycles. The van der Waals surface area contributed by atoms with E-state index in [4.69, 9.17) is 0 Å². The molecular weight excluding hydrogens is 320 g/mol. The van der Waals surface area contributed by atoms with Crippen LogP contribution in [0.5, 0.6) is 0 Å². The third-order valence-corrected chi connectivity index (χ3v) is 4.34. The molecule has 0 heterocycles. The van der Waals surface area contributed by atoms with Gasteiger partial charge in [0.25, 0.3) is 0 Å². The van der Waals surface area contributed by atoms with Crippen molar-refractivity contribution in [2.75, 3.05) is 17.3 Å². The molecular formula is C23H24N2O. The molecule has 26 heavy (non-hydrogen) atoms.